The van der Waals surface area contributed by atoms with Gasteiger partial charge in [0.2, 0.25) is 5.91 Å². The summed E-state index contributed by atoms with van der Waals surface area (Å²) in [6, 6.07) is 4.06. The molecule has 0 saturated heterocycles. The summed E-state index contributed by atoms with van der Waals surface area (Å²) in [5, 5.41) is 9.85. The topological polar surface area (TPSA) is 79.0 Å². The van der Waals surface area contributed by atoms with Gasteiger partial charge in [0.1, 0.15) is 0 Å². The standard InChI is InChI=1S/C12H17N3OS/c1-7-4-8(2)11(9(3)5-7)15-10(16)6-17-12(13)14/h4-5H,6H2,1-3H3,(H3,13,14)(H,15,16). The van der Waals surface area contributed by atoms with Crippen molar-refractivity contribution in [3.8, 4) is 0 Å². The van der Waals surface area contributed by atoms with Crippen LogP contribution in [0.2, 0.25) is 0 Å². The lowest BCUT2D eigenvalue weighted by Crippen LogP contribution is -2.18. The van der Waals surface area contributed by atoms with Crippen molar-refractivity contribution in [2.24, 2.45) is 5.73 Å². The van der Waals surface area contributed by atoms with Crippen molar-refractivity contribution in [2.45, 2.75) is 20.8 Å². The van der Waals surface area contributed by atoms with Crippen LogP contribution >= 0.6 is 11.8 Å². The number of nitrogens with two attached hydrogens (primary N) is 1. The Balaban J connectivity index is 2.75. The average molecular weight is 251 g/mol. The Kier molecular flexibility index (Phi) is 4.57. The SMILES string of the molecule is Cc1cc(C)c(NC(=O)CSC(=N)N)c(C)c1. The van der Waals surface area contributed by atoms with Gasteiger partial charge >= 0.3 is 0 Å². The molecule has 0 aliphatic carbocycles. The van der Waals surface area contributed by atoms with Gasteiger partial charge in [-0.15, -0.1) is 0 Å². The molecule has 5 heteroatoms. The molecule has 1 rings (SSSR count). The Morgan fingerprint density at radius 3 is 2.35 bits per heavy atom. The van der Waals surface area contributed by atoms with Gasteiger partial charge in [0.05, 0.1) is 5.75 Å². The molecule has 0 radical (unpaired) electrons. The van der Waals surface area contributed by atoms with E-state index in [1.807, 2.05) is 32.9 Å². The fourth-order valence-corrected chi connectivity index (χ4v) is 2.05. The summed E-state index contributed by atoms with van der Waals surface area (Å²) in [7, 11) is 0. The second kappa shape index (κ2) is 5.72. The zero-order valence-electron chi connectivity index (χ0n) is 10.3. The maximum atomic E-state index is 11.6. The maximum absolute atomic E-state index is 11.6. The number of hydrogen-bond acceptors (Lipinski definition) is 3. The van der Waals surface area contributed by atoms with Gasteiger partial charge in [-0.25, -0.2) is 0 Å². The number of thioether (sulfide) groups is 1. The zero-order valence-corrected chi connectivity index (χ0v) is 11.1. The molecule has 0 saturated carbocycles. The molecule has 4 nitrogen and oxygen atoms in total. The van der Waals surface area contributed by atoms with Crippen molar-refractivity contribution in [3.05, 3.63) is 28.8 Å². The lowest BCUT2D eigenvalue weighted by atomic mass is 10.1. The van der Waals surface area contributed by atoms with Gasteiger partial charge in [-0.3, -0.25) is 10.2 Å². The van der Waals surface area contributed by atoms with E-state index in [-0.39, 0.29) is 16.8 Å². The van der Waals surface area contributed by atoms with Gasteiger partial charge in [0, 0.05) is 5.69 Å². The first-order chi connectivity index (χ1) is 7.90. The molecule has 1 aromatic carbocycles. The Morgan fingerprint density at radius 1 is 1.35 bits per heavy atom. The van der Waals surface area contributed by atoms with Crippen molar-refractivity contribution in [3.63, 3.8) is 0 Å². The van der Waals surface area contributed by atoms with Crippen LogP contribution in [0.5, 0.6) is 0 Å². The highest BCUT2D eigenvalue weighted by atomic mass is 32.2. The van der Waals surface area contributed by atoms with Gasteiger partial charge < -0.3 is 11.1 Å². The quantitative estimate of drug-likeness (QED) is 0.569. The maximum Gasteiger partial charge on any atom is 0.234 e. The number of amidine groups is 1. The molecule has 0 aromatic heterocycles. The number of nitrogens with one attached hydrogen (secondary N) is 2. The average Bonchev–Trinajstić information content (AvgIpc) is 2.20. The number of carbonyl (C=O) groups is 1. The normalized spacial score (nSPS) is 10.1. The molecule has 0 heterocycles. The molecule has 0 atom stereocenters. The highest BCUT2D eigenvalue weighted by Gasteiger charge is 2.08. The Bertz CT molecular complexity index is 434. The molecular formula is C12H17N3OS. The van der Waals surface area contributed by atoms with Crippen LogP contribution in [0.4, 0.5) is 5.69 Å². The first-order valence-corrected chi connectivity index (χ1v) is 6.23. The van der Waals surface area contributed by atoms with Crippen molar-refractivity contribution in [2.75, 3.05) is 11.1 Å². The van der Waals surface area contributed by atoms with Crippen LogP contribution in [0.1, 0.15) is 16.7 Å². The fraction of sp³-hybridized carbons (Fsp3) is 0.333. The Morgan fingerprint density at radius 2 is 1.88 bits per heavy atom. The zero-order chi connectivity index (χ0) is 13.0. The number of aryl methyl sites for hydroxylation is 3. The largest absolute Gasteiger partial charge is 0.379 e. The minimum absolute atomic E-state index is 0.0440. The van der Waals surface area contributed by atoms with Gasteiger partial charge in [-0.1, -0.05) is 29.5 Å². The second-order valence-electron chi connectivity index (χ2n) is 3.97. The number of anilines is 1. The molecule has 0 unspecified atom stereocenters. The molecule has 1 aromatic rings. The van der Waals surface area contributed by atoms with Gasteiger partial charge in [-0.2, -0.15) is 0 Å². The highest BCUT2D eigenvalue weighted by molar-refractivity contribution is 8.14. The van der Waals surface area contributed by atoms with E-state index in [0.29, 0.717) is 0 Å². The predicted molar refractivity (Wildman–Crippen MR) is 73.7 cm³/mol. The summed E-state index contributed by atoms with van der Waals surface area (Å²) >= 11 is 1.02. The number of benzene rings is 1. The summed E-state index contributed by atoms with van der Waals surface area (Å²) in [6.45, 7) is 5.96. The number of amides is 1. The minimum atomic E-state index is -0.139. The molecule has 0 bridgehead atoms. The van der Waals surface area contributed by atoms with Crippen LogP contribution in [0.25, 0.3) is 0 Å². The van der Waals surface area contributed by atoms with Crippen LogP contribution in [-0.2, 0) is 4.79 Å². The van der Waals surface area contributed by atoms with E-state index in [9.17, 15) is 4.79 Å². The smallest absolute Gasteiger partial charge is 0.234 e. The van der Waals surface area contributed by atoms with E-state index >= 15 is 0 Å². The van der Waals surface area contributed by atoms with E-state index in [1.165, 1.54) is 5.56 Å². The third-order valence-corrected chi connectivity index (χ3v) is 3.02. The Hall–Kier alpha value is -1.49. The number of rotatable bonds is 3. The molecule has 92 valence electrons. The van der Waals surface area contributed by atoms with Crippen molar-refractivity contribution >= 4 is 28.5 Å². The molecule has 17 heavy (non-hydrogen) atoms. The molecule has 4 N–H and O–H groups in total. The summed E-state index contributed by atoms with van der Waals surface area (Å²) in [5.74, 6) is 0.0301. The fourth-order valence-electron chi connectivity index (χ4n) is 1.70. The molecule has 0 aliphatic rings. The predicted octanol–water partition coefficient (Wildman–Crippen LogP) is 2.18. The van der Waals surface area contributed by atoms with Crippen molar-refractivity contribution in [1.82, 2.24) is 0 Å². The van der Waals surface area contributed by atoms with Gasteiger partial charge in [-0.05, 0) is 31.9 Å². The number of hydrogen-bond donors (Lipinski definition) is 3. The third-order valence-electron chi connectivity index (χ3n) is 2.30. The van der Waals surface area contributed by atoms with E-state index < -0.39 is 0 Å². The minimum Gasteiger partial charge on any atom is -0.379 e. The summed E-state index contributed by atoms with van der Waals surface area (Å²) < 4.78 is 0. The summed E-state index contributed by atoms with van der Waals surface area (Å²) in [6.07, 6.45) is 0. The van der Waals surface area contributed by atoms with Crippen LogP contribution in [0, 0.1) is 26.2 Å². The van der Waals surface area contributed by atoms with E-state index in [2.05, 4.69) is 5.32 Å². The monoisotopic (exact) mass is 251 g/mol. The lowest BCUT2D eigenvalue weighted by molar-refractivity contribution is -0.113. The Labute approximate surface area is 105 Å². The molecule has 0 aliphatic heterocycles. The molecule has 0 fully saturated rings. The number of carbonyl (C=O) groups excluding carboxylic acids is 1. The second-order valence-corrected chi connectivity index (χ2v) is 4.99. The van der Waals surface area contributed by atoms with E-state index in [1.54, 1.807) is 0 Å². The molecular weight excluding hydrogens is 234 g/mol. The first kappa shape index (κ1) is 13.6. The van der Waals surface area contributed by atoms with Gasteiger partial charge in [0.25, 0.3) is 0 Å². The highest BCUT2D eigenvalue weighted by Crippen LogP contribution is 2.22. The van der Waals surface area contributed by atoms with E-state index in [4.69, 9.17) is 11.1 Å². The summed E-state index contributed by atoms with van der Waals surface area (Å²) in [5.41, 5.74) is 9.30. The van der Waals surface area contributed by atoms with E-state index in [0.717, 1.165) is 28.6 Å². The van der Waals surface area contributed by atoms with Gasteiger partial charge in [0.15, 0.2) is 5.17 Å². The van der Waals surface area contributed by atoms with Crippen molar-refractivity contribution in [1.29, 1.82) is 5.41 Å². The van der Waals surface area contributed by atoms with Crippen LogP contribution in [0.15, 0.2) is 12.1 Å². The van der Waals surface area contributed by atoms with Crippen molar-refractivity contribution < 1.29 is 4.79 Å². The third kappa shape index (κ3) is 4.11. The van der Waals surface area contributed by atoms with Crippen LogP contribution in [0.3, 0.4) is 0 Å². The molecule has 0 spiro atoms. The first-order valence-electron chi connectivity index (χ1n) is 5.24. The van der Waals surface area contributed by atoms with Crippen LogP contribution < -0.4 is 11.1 Å². The van der Waals surface area contributed by atoms with Crippen LogP contribution in [-0.4, -0.2) is 16.8 Å². The molecule has 1 amide bonds. The summed E-state index contributed by atoms with van der Waals surface area (Å²) in [4.78, 5) is 11.6. The lowest BCUT2D eigenvalue weighted by Gasteiger charge is -2.12.